The van der Waals surface area contributed by atoms with Crippen LogP contribution in [0.4, 0.5) is 5.69 Å². The number of anilines is 1. The van der Waals surface area contributed by atoms with Gasteiger partial charge in [-0.05, 0) is 12.5 Å². The topological polar surface area (TPSA) is 51.9 Å². The molecule has 18 heavy (non-hydrogen) atoms. The third-order valence-electron chi connectivity index (χ3n) is 2.82. The first-order valence-corrected chi connectivity index (χ1v) is 6.11. The minimum Gasteiger partial charge on any atom is -0.377 e. The molecule has 0 unspecified atom stereocenters. The van der Waals surface area contributed by atoms with Crippen molar-refractivity contribution in [2.45, 2.75) is 26.4 Å². The summed E-state index contributed by atoms with van der Waals surface area (Å²) in [6.45, 7) is 3.45. The standard InChI is InChI=1S/C13H18N4O/c1-3-7-17-10-11(4-5-13(17)18)15-9-12-14-6-8-16(12)2/h4-6,8,10,15H,3,7,9H2,1-2H3. The fourth-order valence-electron chi connectivity index (χ4n) is 1.80. The van der Waals surface area contributed by atoms with Gasteiger partial charge in [0.25, 0.3) is 5.56 Å². The number of hydrogen-bond acceptors (Lipinski definition) is 3. The van der Waals surface area contributed by atoms with Crippen molar-refractivity contribution < 1.29 is 0 Å². The van der Waals surface area contributed by atoms with Crippen molar-refractivity contribution in [3.8, 4) is 0 Å². The van der Waals surface area contributed by atoms with E-state index in [0.717, 1.165) is 24.5 Å². The Bertz CT molecular complexity index is 570. The Morgan fingerprint density at radius 1 is 1.39 bits per heavy atom. The molecule has 0 radical (unpaired) electrons. The fourth-order valence-corrected chi connectivity index (χ4v) is 1.80. The zero-order chi connectivity index (χ0) is 13.0. The second-order valence-corrected chi connectivity index (χ2v) is 4.26. The largest absolute Gasteiger partial charge is 0.377 e. The number of pyridine rings is 1. The normalized spacial score (nSPS) is 10.6. The number of rotatable bonds is 5. The first-order chi connectivity index (χ1) is 8.70. The minimum atomic E-state index is 0.0411. The third-order valence-corrected chi connectivity index (χ3v) is 2.82. The van der Waals surface area contributed by atoms with Gasteiger partial charge in [0.1, 0.15) is 5.82 Å². The highest BCUT2D eigenvalue weighted by Gasteiger charge is 2.01. The second-order valence-electron chi connectivity index (χ2n) is 4.26. The average Bonchev–Trinajstić information content (AvgIpc) is 2.76. The summed E-state index contributed by atoms with van der Waals surface area (Å²) in [6.07, 6.45) is 6.49. The van der Waals surface area contributed by atoms with E-state index in [4.69, 9.17) is 0 Å². The lowest BCUT2D eigenvalue weighted by Crippen LogP contribution is -2.19. The summed E-state index contributed by atoms with van der Waals surface area (Å²) in [5.74, 6) is 0.961. The maximum absolute atomic E-state index is 11.6. The van der Waals surface area contributed by atoms with Gasteiger partial charge in [-0.3, -0.25) is 4.79 Å². The Morgan fingerprint density at radius 3 is 2.89 bits per heavy atom. The van der Waals surface area contributed by atoms with Gasteiger partial charge < -0.3 is 14.5 Å². The molecule has 0 amide bonds. The molecule has 5 heteroatoms. The van der Waals surface area contributed by atoms with Crippen molar-refractivity contribution in [2.24, 2.45) is 7.05 Å². The third kappa shape index (κ3) is 2.80. The molecule has 0 aliphatic heterocycles. The second kappa shape index (κ2) is 5.53. The van der Waals surface area contributed by atoms with Crippen LogP contribution in [0.1, 0.15) is 19.2 Å². The van der Waals surface area contributed by atoms with Gasteiger partial charge in [0, 0.05) is 38.2 Å². The van der Waals surface area contributed by atoms with Crippen molar-refractivity contribution in [3.63, 3.8) is 0 Å². The maximum Gasteiger partial charge on any atom is 0.250 e. The lowest BCUT2D eigenvalue weighted by molar-refractivity contribution is 0.654. The Hall–Kier alpha value is -2.04. The van der Waals surface area contributed by atoms with Gasteiger partial charge in [0.15, 0.2) is 0 Å². The lowest BCUT2D eigenvalue weighted by Gasteiger charge is -2.09. The van der Waals surface area contributed by atoms with Crippen LogP contribution in [0, 0.1) is 0 Å². The van der Waals surface area contributed by atoms with E-state index in [1.807, 2.05) is 24.0 Å². The summed E-state index contributed by atoms with van der Waals surface area (Å²) < 4.78 is 3.69. The van der Waals surface area contributed by atoms with Gasteiger partial charge in [-0.2, -0.15) is 0 Å². The quantitative estimate of drug-likeness (QED) is 0.872. The van der Waals surface area contributed by atoms with E-state index in [2.05, 4.69) is 17.2 Å². The minimum absolute atomic E-state index is 0.0411. The smallest absolute Gasteiger partial charge is 0.250 e. The van der Waals surface area contributed by atoms with E-state index in [-0.39, 0.29) is 5.56 Å². The molecule has 0 saturated heterocycles. The molecule has 0 saturated carbocycles. The van der Waals surface area contributed by atoms with Crippen LogP contribution >= 0.6 is 0 Å². The number of aromatic nitrogens is 3. The predicted molar refractivity (Wildman–Crippen MR) is 71.5 cm³/mol. The monoisotopic (exact) mass is 246 g/mol. The van der Waals surface area contributed by atoms with Gasteiger partial charge in [0.05, 0.1) is 12.2 Å². The number of nitrogens with one attached hydrogen (secondary N) is 1. The van der Waals surface area contributed by atoms with E-state index in [9.17, 15) is 4.79 Å². The number of imidazole rings is 1. The highest BCUT2D eigenvalue weighted by molar-refractivity contribution is 5.40. The molecule has 0 aromatic carbocycles. The lowest BCUT2D eigenvalue weighted by atomic mass is 10.3. The maximum atomic E-state index is 11.6. The van der Waals surface area contributed by atoms with Gasteiger partial charge in [0.2, 0.25) is 0 Å². The van der Waals surface area contributed by atoms with Crippen molar-refractivity contribution in [1.29, 1.82) is 0 Å². The fraction of sp³-hybridized carbons (Fsp3) is 0.385. The Balaban J connectivity index is 2.08. The van der Waals surface area contributed by atoms with E-state index >= 15 is 0 Å². The summed E-state index contributed by atoms with van der Waals surface area (Å²) in [6, 6.07) is 3.40. The summed E-state index contributed by atoms with van der Waals surface area (Å²) in [5, 5.41) is 3.27. The highest BCUT2D eigenvalue weighted by Crippen LogP contribution is 2.06. The molecule has 5 nitrogen and oxygen atoms in total. The van der Waals surface area contributed by atoms with Gasteiger partial charge in [-0.1, -0.05) is 6.92 Å². The molecule has 0 fully saturated rings. The van der Waals surface area contributed by atoms with Crippen molar-refractivity contribution in [1.82, 2.24) is 14.1 Å². The average molecular weight is 246 g/mol. The van der Waals surface area contributed by atoms with Gasteiger partial charge in [-0.15, -0.1) is 0 Å². The van der Waals surface area contributed by atoms with Crippen LogP contribution in [-0.2, 0) is 20.1 Å². The first-order valence-electron chi connectivity index (χ1n) is 6.11. The molecular formula is C13H18N4O. The predicted octanol–water partition coefficient (Wildman–Crippen LogP) is 1.60. The molecule has 2 aromatic rings. The Labute approximate surface area is 106 Å². The summed E-state index contributed by atoms with van der Waals surface area (Å²) in [7, 11) is 1.96. The first kappa shape index (κ1) is 12.4. The molecule has 0 aliphatic carbocycles. The molecule has 2 heterocycles. The Morgan fingerprint density at radius 2 is 2.22 bits per heavy atom. The van der Waals surface area contributed by atoms with Crippen molar-refractivity contribution in [2.75, 3.05) is 5.32 Å². The van der Waals surface area contributed by atoms with Crippen LogP contribution < -0.4 is 10.9 Å². The zero-order valence-electron chi connectivity index (χ0n) is 10.8. The number of hydrogen-bond donors (Lipinski definition) is 1. The molecule has 0 atom stereocenters. The van der Waals surface area contributed by atoms with Gasteiger partial charge >= 0.3 is 0 Å². The SMILES string of the molecule is CCCn1cc(NCc2nccn2C)ccc1=O. The van der Waals surface area contributed by atoms with Crippen molar-refractivity contribution >= 4 is 5.69 Å². The molecule has 2 rings (SSSR count). The van der Waals surface area contributed by atoms with Crippen LogP contribution in [0.25, 0.3) is 0 Å². The molecule has 0 bridgehead atoms. The molecule has 2 aromatic heterocycles. The highest BCUT2D eigenvalue weighted by atomic mass is 16.1. The Kier molecular flexibility index (Phi) is 3.82. The van der Waals surface area contributed by atoms with Crippen LogP contribution in [-0.4, -0.2) is 14.1 Å². The molecule has 1 N–H and O–H groups in total. The van der Waals surface area contributed by atoms with E-state index in [1.54, 1.807) is 22.9 Å². The van der Waals surface area contributed by atoms with Gasteiger partial charge in [-0.25, -0.2) is 4.98 Å². The molecule has 96 valence electrons. The summed E-state index contributed by atoms with van der Waals surface area (Å²) >= 11 is 0. The zero-order valence-corrected chi connectivity index (χ0v) is 10.8. The summed E-state index contributed by atoms with van der Waals surface area (Å²) in [4.78, 5) is 15.8. The van der Waals surface area contributed by atoms with E-state index < -0.39 is 0 Å². The number of aryl methyl sites for hydroxylation is 2. The summed E-state index contributed by atoms with van der Waals surface area (Å²) in [5.41, 5.74) is 0.977. The van der Waals surface area contributed by atoms with Crippen LogP contribution in [0.3, 0.4) is 0 Å². The number of nitrogens with zero attached hydrogens (tertiary/aromatic N) is 3. The van der Waals surface area contributed by atoms with E-state index in [1.165, 1.54) is 0 Å². The van der Waals surface area contributed by atoms with Crippen LogP contribution in [0.2, 0.25) is 0 Å². The van der Waals surface area contributed by atoms with Crippen molar-refractivity contribution in [3.05, 3.63) is 46.9 Å². The molecule has 0 spiro atoms. The van der Waals surface area contributed by atoms with Crippen LogP contribution in [0.5, 0.6) is 0 Å². The molecular weight excluding hydrogens is 228 g/mol. The molecule has 0 aliphatic rings. The van der Waals surface area contributed by atoms with E-state index in [0.29, 0.717) is 6.54 Å². The van der Waals surface area contributed by atoms with Crippen LogP contribution in [0.15, 0.2) is 35.5 Å².